The highest BCUT2D eigenvalue weighted by Crippen LogP contribution is 2.10. The number of hydrogen-bond donors (Lipinski definition) is 1. The number of pyridine rings is 1. The Kier molecular flexibility index (Phi) is 4.76. The molecule has 4 nitrogen and oxygen atoms in total. The zero-order valence-electron chi connectivity index (χ0n) is 9.94. The number of rotatable bonds is 5. The lowest BCUT2D eigenvalue weighted by Crippen LogP contribution is -2.29. The predicted octanol–water partition coefficient (Wildman–Crippen LogP) is 1.93. The molecule has 0 saturated heterocycles. The Labute approximate surface area is 96.5 Å². The molecule has 1 amide bonds. The van der Waals surface area contributed by atoms with Crippen LogP contribution in [0.2, 0.25) is 0 Å². The predicted molar refractivity (Wildman–Crippen MR) is 65.1 cm³/mol. The quantitative estimate of drug-likeness (QED) is 0.773. The Balaban J connectivity index is 2.60. The molecule has 0 spiro atoms. The van der Waals surface area contributed by atoms with Gasteiger partial charge in [0.2, 0.25) is 0 Å². The lowest BCUT2D eigenvalue weighted by molar-refractivity contribution is 0.0788. The maximum Gasteiger partial charge on any atom is 0.274 e. The normalized spacial score (nSPS) is 10.1. The third-order valence-electron chi connectivity index (χ3n) is 2.49. The van der Waals surface area contributed by atoms with Gasteiger partial charge in [0.1, 0.15) is 0 Å². The first-order valence-corrected chi connectivity index (χ1v) is 5.62. The molecule has 1 aromatic rings. The minimum Gasteiger partial charge on any atom is -0.397 e. The molecule has 0 aliphatic rings. The second kappa shape index (κ2) is 6.10. The van der Waals surface area contributed by atoms with E-state index in [1.54, 1.807) is 30.3 Å². The number of hydrogen-bond acceptors (Lipinski definition) is 3. The van der Waals surface area contributed by atoms with Gasteiger partial charge in [-0.05, 0) is 18.6 Å². The summed E-state index contributed by atoms with van der Waals surface area (Å²) in [4.78, 5) is 17.6. The minimum atomic E-state index is -0.103. The second-order valence-corrected chi connectivity index (χ2v) is 3.88. The molecule has 4 heteroatoms. The Morgan fingerprint density at radius 1 is 1.50 bits per heavy atom. The SMILES string of the molecule is CCCCCN(C)C(=O)c1ncccc1N. The monoisotopic (exact) mass is 221 g/mol. The van der Waals surface area contributed by atoms with E-state index in [1.807, 2.05) is 0 Å². The van der Waals surface area contributed by atoms with Crippen molar-refractivity contribution in [3.8, 4) is 0 Å². The molecule has 0 unspecified atom stereocenters. The summed E-state index contributed by atoms with van der Waals surface area (Å²) in [5.74, 6) is -0.103. The second-order valence-electron chi connectivity index (χ2n) is 3.88. The van der Waals surface area contributed by atoms with Crippen molar-refractivity contribution in [2.24, 2.45) is 0 Å². The first kappa shape index (κ1) is 12.5. The van der Waals surface area contributed by atoms with E-state index in [-0.39, 0.29) is 5.91 Å². The van der Waals surface area contributed by atoms with Crippen LogP contribution in [0.5, 0.6) is 0 Å². The molecule has 0 atom stereocenters. The largest absolute Gasteiger partial charge is 0.397 e. The van der Waals surface area contributed by atoms with E-state index in [9.17, 15) is 4.79 Å². The van der Waals surface area contributed by atoms with Crippen LogP contribution in [0.15, 0.2) is 18.3 Å². The highest BCUT2D eigenvalue weighted by atomic mass is 16.2. The molecular weight excluding hydrogens is 202 g/mol. The van der Waals surface area contributed by atoms with Crippen molar-refractivity contribution in [3.63, 3.8) is 0 Å². The smallest absolute Gasteiger partial charge is 0.274 e. The number of anilines is 1. The van der Waals surface area contributed by atoms with Gasteiger partial charge in [0.25, 0.3) is 5.91 Å². The zero-order valence-corrected chi connectivity index (χ0v) is 9.94. The lowest BCUT2D eigenvalue weighted by atomic mass is 10.2. The number of amides is 1. The van der Waals surface area contributed by atoms with Gasteiger partial charge in [-0.3, -0.25) is 4.79 Å². The molecule has 1 heterocycles. The molecule has 0 aliphatic heterocycles. The standard InChI is InChI=1S/C12H19N3O/c1-3-4-5-9-15(2)12(16)11-10(13)7-6-8-14-11/h6-8H,3-5,9,13H2,1-2H3. The van der Waals surface area contributed by atoms with Crippen LogP contribution in [0.3, 0.4) is 0 Å². The van der Waals surface area contributed by atoms with Gasteiger partial charge in [0.05, 0.1) is 5.69 Å². The average Bonchev–Trinajstić information content (AvgIpc) is 2.29. The van der Waals surface area contributed by atoms with E-state index in [0.717, 1.165) is 25.8 Å². The van der Waals surface area contributed by atoms with E-state index in [0.29, 0.717) is 11.4 Å². The maximum absolute atomic E-state index is 11.9. The van der Waals surface area contributed by atoms with Crippen molar-refractivity contribution in [2.75, 3.05) is 19.3 Å². The molecule has 0 aliphatic carbocycles. The molecule has 2 N–H and O–H groups in total. The minimum absolute atomic E-state index is 0.103. The van der Waals surface area contributed by atoms with Crippen molar-refractivity contribution < 1.29 is 4.79 Å². The van der Waals surface area contributed by atoms with Crippen LogP contribution in [0, 0.1) is 0 Å². The van der Waals surface area contributed by atoms with Crippen molar-refractivity contribution >= 4 is 11.6 Å². The van der Waals surface area contributed by atoms with Crippen molar-refractivity contribution in [1.29, 1.82) is 0 Å². The van der Waals surface area contributed by atoms with E-state index in [1.165, 1.54) is 0 Å². The Morgan fingerprint density at radius 2 is 2.25 bits per heavy atom. The fourth-order valence-corrected chi connectivity index (χ4v) is 1.48. The van der Waals surface area contributed by atoms with Crippen LogP contribution in [0.1, 0.15) is 36.7 Å². The van der Waals surface area contributed by atoms with E-state index in [4.69, 9.17) is 5.73 Å². The summed E-state index contributed by atoms with van der Waals surface area (Å²) in [6.07, 6.45) is 4.89. The van der Waals surface area contributed by atoms with Gasteiger partial charge in [0, 0.05) is 19.8 Å². The van der Waals surface area contributed by atoms with Gasteiger partial charge in [-0.15, -0.1) is 0 Å². The summed E-state index contributed by atoms with van der Waals surface area (Å²) in [7, 11) is 1.78. The third kappa shape index (κ3) is 3.22. The molecular formula is C12H19N3O. The third-order valence-corrected chi connectivity index (χ3v) is 2.49. The van der Waals surface area contributed by atoms with Crippen LogP contribution in [0.4, 0.5) is 5.69 Å². The summed E-state index contributed by atoms with van der Waals surface area (Å²) < 4.78 is 0. The van der Waals surface area contributed by atoms with E-state index >= 15 is 0 Å². The number of carbonyl (C=O) groups is 1. The van der Waals surface area contributed by atoms with Gasteiger partial charge < -0.3 is 10.6 Å². The maximum atomic E-state index is 11.9. The van der Waals surface area contributed by atoms with Crippen molar-refractivity contribution in [1.82, 2.24) is 9.88 Å². The molecule has 1 rings (SSSR count). The number of carbonyl (C=O) groups excluding carboxylic acids is 1. The fraction of sp³-hybridized carbons (Fsp3) is 0.500. The number of nitrogens with zero attached hydrogens (tertiary/aromatic N) is 2. The van der Waals surface area contributed by atoms with Gasteiger partial charge in [0.15, 0.2) is 5.69 Å². The van der Waals surface area contributed by atoms with Crippen LogP contribution < -0.4 is 5.73 Å². The molecule has 1 aromatic heterocycles. The number of aromatic nitrogens is 1. The summed E-state index contributed by atoms with van der Waals surface area (Å²) in [6, 6.07) is 3.42. The molecule has 0 radical (unpaired) electrons. The van der Waals surface area contributed by atoms with Gasteiger partial charge in [-0.1, -0.05) is 19.8 Å². The summed E-state index contributed by atoms with van der Waals surface area (Å²) in [5.41, 5.74) is 6.49. The van der Waals surface area contributed by atoms with Crippen molar-refractivity contribution in [2.45, 2.75) is 26.2 Å². The fourth-order valence-electron chi connectivity index (χ4n) is 1.48. The van der Waals surface area contributed by atoms with Crippen LogP contribution in [0.25, 0.3) is 0 Å². The summed E-state index contributed by atoms with van der Waals surface area (Å²) >= 11 is 0. The molecule has 0 saturated carbocycles. The van der Waals surface area contributed by atoms with Gasteiger partial charge >= 0.3 is 0 Å². The number of unbranched alkanes of at least 4 members (excludes halogenated alkanes) is 2. The van der Waals surface area contributed by atoms with Gasteiger partial charge in [-0.2, -0.15) is 0 Å². The van der Waals surface area contributed by atoms with Crippen LogP contribution >= 0.6 is 0 Å². The molecule has 0 bridgehead atoms. The van der Waals surface area contributed by atoms with Crippen molar-refractivity contribution in [3.05, 3.63) is 24.0 Å². The summed E-state index contributed by atoms with van der Waals surface area (Å²) in [5, 5.41) is 0. The van der Waals surface area contributed by atoms with Gasteiger partial charge in [-0.25, -0.2) is 4.98 Å². The Morgan fingerprint density at radius 3 is 2.88 bits per heavy atom. The Bertz CT molecular complexity index is 352. The van der Waals surface area contributed by atoms with E-state index < -0.39 is 0 Å². The Hall–Kier alpha value is -1.58. The average molecular weight is 221 g/mol. The number of nitrogens with two attached hydrogens (primary N) is 1. The first-order valence-electron chi connectivity index (χ1n) is 5.62. The lowest BCUT2D eigenvalue weighted by Gasteiger charge is -2.17. The molecule has 16 heavy (non-hydrogen) atoms. The topological polar surface area (TPSA) is 59.2 Å². The molecule has 0 aromatic carbocycles. The van der Waals surface area contributed by atoms with Crippen LogP contribution in [-0.2, 0) is 0 Å². The summed E-state index contributed by atoms with van der Waals surface area (Å²) in [6.45, 7) is 2.89. The zero-order chi connectivity index (χ0) is 12.0. The van der Waals surface area contributed by atoms with E-state index in [2.05, 4.69) is 11.9 Å². The first-order chi connectivity index (χ1) is 7.66. The molecule has 88 valence electrons. The highest BCUT2D eigenvalue weighted by Gasteiger charge is 2.14. The molecule has 0 fully saturated rings. The highest BCUT2D eigenvalue weighted by molar-refractivity contribution is 5.96. The van der Waals surface area contributed by atoms with Crippen LogP contribution in [-0.4, -0.2) is 29.4 Å². The number of nitrogen functional groups attached to an aromatic ring is 1.